The fourth-order valence-corrected chi connectivity index (χ4v) is 8.33. The molecule has 0 aliphatic heterocycles. The smallest absolute Gasteiger partial charge is 0.302 e. The zero-order chi connectivity index (χ0) is 99.8. The molecule has 0 aromatic heterocycles. The molecule has 0 aromatic carbocycles. The zero-order valence-corrected chi connectivity index (χ0v) is 98.8. The number of unbranched alkanes of at least 4 members (excludes halogenated alkanes) is 46. The summed E-state index contributed by atoms with van der Waals surface area (Å²) in [6.45, 7) is 105. The number of hydrogen-bond donors (Lipinski definition) is 0. The van der Waals surface area contributed by atoms with Gasteiger partial charge in [0, 0.05) is 6.92 Å². The van der Waals surface area contributed by atoms with Crippen molar-refractivity contribution < 1.29 is 9.53 Å². The maximum atomic E-state index is 9.82. The third-order valence-corrected chi connectivity index (χ3v) is 16.6. The van der Waals surface area contributed by atoms with Gasteiger partial charge in [0.25, 0.3) is 0 Å². The second-order valence-electron chi connectivity index (χ2n) is 32.1. The first kappa shape index (κ1) is 185. The molecule has 2 nitrogen and oxygen atoms in total. The fourth-order valence-electron chi connectivity index (χ4n) is 8.33. The number of carbonyl (C=O) groups excluding carboxylic acids is 1. The first-order chi connectivity index (χ1) is 58.3. The average Bonchev–Trinajstić information content (AvgIpc) is 1.38. The minimum absolute atomic E-state index is 0.211. The largest absolute Gasteiger partial charge is 0.466 e. The summed E-state index contributed by atoms with van der Waals surface area (Å²) >= 11 is 0. The van der Waals surface area contributed by atoms with Crippen LogP contribution in [0, 0.1) is 0 Å². The summed E-state index contributed by atoms with van der Waals surface area (Å²) < 4.78 is 4.40. The Labute approximate surface area is 792 Å². The van der Waals surface area contributed by atoms with Gasteiger partial charge < -0.3 is 4.74 Å². The van der Waals surface area contributed by atoms with E-state index in [9.17, 15) is 4.79 Å². The molecule has 0 aromatic rings. The van der Waals surface area contributed by atoms with Crippen molar-refractivity contribution in [2.75, 3.05) is 6.61 Å². The number of esters is 1. The van der Waals surface area contributed by atoms with Gasteiger partial charge in [0.15, 0.2) is 0 Å². The average molecular weight is 1750 g/mol. The molecule has 0 radical (unpaired) electrons. The standard InChI is InChI=1S/23C5H12.C4H8O2/c23*1-3-5-4-2;1-3-6-4(2)5/h23*3-5H2,1-2H3;3H2,1-2H3. The van der Waals surface area contributed by atoms with Crippen molar-refractivity contribution in [3.05, 3.63) is 0 Å². The van der Waals surface area contributed by atoms with Crippen LogP contribution in [0.2, 0.25) is 0 Å². The lowest BCUT2D eigenvalue weighted by Gasteiger charge is -1.89. The summed E-state index contributed by atoms with van der Waals surface area (Å²) in [6.07, 6.45) is 93.8. The van der Waals surface area contributed by atoms with Crippen molar-refractivity contribution in [1.29, 1.82) is 0 Å². The summed E-state index contributed by atoms with van der Waals surface area (Å²) in [5.74, 6) is -0.211. The van der Waals surface area contributed by atoms with Gasteiger partial charge in [-0.05, 0) is 6.92 Å². The first-order valence-corrected chi connectivity index (χ1v) is 57.4. The van der Waals surface area contributed by atoms with Crippen LogP contribution in [0.25, 0.3) is 0 Å². The van der Waals surface area contributed by atoms with Gasteiger partial charge in [-0.25, -0.2) is 0 Å². The van der Waals surface area contributed by atoms with E-state index >= 15 is 0 Å². The molecule has 0 fully saturated rings. The van der Waals surface area contributed by atoms with Crippen molar-refractivity contribution >= 4 is 5.97 Å². The lowest BCUT2D eigenvalue weighted by molar-refractivity contribution is -0.140. The maximum Gasteiger partial charge on any atom is 0.302 e. The van der Waals surface area contributed by atoms with Crippen LogP contribution in [0.5, 0.6) is 0 Å². The van der Waals surface area contributed by atoms with E-state index in [4.69, 9.17) is 0 Å². The van der Waals surface area contributed by atoms with Crippen molar-refractivity contribution in [2.45, 2.75) is 775 Å². The van der Waals surface area contributed by atoms with Gasteiger partial charge in [0.1, 0.15) is 0 Å². The molecule has 0 bridgehead atoms. The van der Waals surface area contributed by atoms with E-state index in [-0.39, 0.29) is 5.97 Å². The molecule has 0 N–H and O–H groups in total. The number of ether oxygens (including phenoxy) is 1. The van der Waals surface area contributed by atoms with Gasteiger partial charge in [0.2, 0.25) is 0 Å². The van der Waals surface area contributed by atoms with Crippen LogP contribution in [0.1, 0.15) is 775 Å². The normalized spacial score (nSPS) is 8.36. The summed E-state index contributed by atoms with van der Waals surface area (Å²) in [7, 11) is 0. The molecule has 0 heterocycles. The Bertz CT molecular complexity index is 618. The van der Waals surface area contributed by atoms with Crippen LogP contribution >= 0.6 is 0 Å². The number of carbonyl (C=O) groups is 1. The van der Waals surface area contributed by atoms with Crippen LogP contribution in [0.3, 0.4) is 0 Å². The van der Waals surface area contributed by atoms with Crippen molar-refractivity contribution in [2.24, 2.45) is 0 Å². The van der Waals surface area contributed by atoms with Gasteiger partial charge in [-0.15, -0.1) is 0 Å². The van der Waals surface area contributed by atoms with Crippen molar-refractivity contribution in [3.8, 4) is 0 Å². The van der Waals surface area contributed by atoms with Gasteiger partial charge in [-0.2, -0.15) is 0 Å². The van der Waals surface area contributed by atoms with Crippen LogP contribution in [0.15, 0.2) is 0 Å². The second kappa shape index (κ2) is 311. The molecule has 0 saturated heterocycles. The van der Waals surface area contributed by atoms with Crippen LogP contribution in [-0.4, -0.2) is 12.6 Å². The molecular formula is C119H284O2. The monoisotopic (exact) mass is 1750 g/mol. The highest BCUT2D eigenvalue weighted by Gasteiger charge is 1.82. The summed E-state index contributed by atoms with van der Waals surface area (Å²) in [5, 5.41) is 0. The highest BCUT2D eigenvalue weighted by molar-refractivity contribution is 5.65. The van der Waals surface area contributed by atoms with E-state index in [1.165, 1.54) is 450 Å². The van der Waals surface area contributed by atoms with Crippen LogP contribution in [-0.2, 0) is 9.53 Å². The van der Waals surface area contributed by atoms with Gasteiger partial charge >= 0.3 is 5.97 Å². The molecule has 0 aliphatic carbocycles. The summed E-state index contributed by atoms with van der Waals surface area (Å²) in [6, 6.07) is 0. The lowest BCUT2D eigenvalue weighted by atomic mass is 10.3. The number of hydrogen-bond acceptors (Lipinski definition) is 2. The predicted octanol–water partition coefficient (Wildman–Crippen LogP) is 51.1. The number of rotatable bonds is 47. The molecular weight excluding hydrogens is 1460 g/mol. The fraction of sp³-hybridized carbons (Fsp3) is 0.992. The topological polar surface area (TPSA) is 26.3 Å². The van der Waals surface area contributed by atoms with E-state index in [0.717, 1.165) is 0 Å². The Morgan fingerprint density at radius 1 is 0.107 bits per heavy atom. The lowest BCUT2D eigenvalue weighted by Crippen LogP contribution is -1.95. The van der Waals surface area contributed by atoms with E-state index in [1.807, 2.05) is 0 Å². The second-order valence-corrected chi connectivity index (χ2v) is 32.1. The Morgan fingerprint density at radius 2 is 0.149 bits per heavy atom. The Morgan fingerprint density at radius 3 is 0.149 bits per heavy atom. The third-order valence-electron chi connectivity index (χ3n) is 16.6. The highest BCUT2D eigenvalue weighted by atomic mass is 16.5. The van der Waals surface area contributed by atoms with E-state index in [1.54, 1.807) is 6.92 Å². The molecule has 0 saturated carbocycles. The quantitative estimate of drug-likeness (QED) is 0.0568. The zero-order valence-electron chi connectivity index (χ0n) is 98.8. The van der Waals surface area contributed by atoms with Crippen molar-refractivity contribution in [3.63, 3.8) is 0 Å². The first-order valence-electron chi connectivity index (χ1n) is 57.4. The minimum Gasteiger partial charge on any atom is -0.466 e. The highest BCUT2D eigenvalue weighted by Crippen LogP contribution is 1.98. The third kappa shape index (κ3) is 702. The Balaban J connectivity index is -0.0000000369. The molecule has 0 unspecified atom stereocenters. The molecule has 772 valence electrons. The molecule has 2 heteroatoms. The van der Waals surface area contributed by atoms with E-state index < -0.39 is 0 Å². The molecule has 0 spiro atoms. The molecule has 0 amide bonds. The molecule has 0 rings (SSSR count). The Hall–Kier alpha value is -0.530. The van der Waals surface area contributed by atoms with Gasteiger partial charge in [-0.3, -0.25) is 4.79 Å². The maximum absolute atomic E-state index is 9.82. The van der Waals surface area contributed by atoms with Crippen molar-refractivity contribution in [1.82, 2.24) is 0 Å². The van der Waals surface area contributed by atoms with E-state index in [2.05, 4.69) is 323 Å². The molecule has 121 heavy (non-hydrogen) atoms. The summed E-state index contributed by atoms with van der Waals surface area (Å²) in [4.78, 5) is 9.82. The predicted molar refractivity (Wildman–Crippen MR) is 602 cm³/mol. The SMILES string of the molecule is CCCCC.CCCCC.CCCCC.CCCCC.CCCCC.CCCCC.CCCCC.CCCCC.CCCCC.CCCCC.CCCCC.CCCCC.CCCCC.CCCCC.CCCCC.CCCCC.CCCCC.CCCCC.CCCCC.CCCCC.CCCCC.CCCCC.CCCCC.CCOC(C)=O. The molecule has 0 aliphatic rings. The van der Waals surface area contributed by atoms with Crippen LogP contribution < -0.4 is 0 Å². The summed E-state index contributed by atoms with van der Waals surface area (Å²) in [5.41, 5.74) is 0. The Kier molecular flexibility index (Phi) is 474. The van der Waals surface area contributed by atoms with E-state index in [0.29, 0.717) is 6.61 Å². The minimum atomic E-state index is -0.211. The van der Waals surface area contributed by atoms with Gasteiger partial charge in [0.05, 0.1) is 6.61 Å². The molecule has 0 atom stereocenters. The van der Waals surface area contributed by atoms with Crippen LogP contribution in [0.4, 0.5) is 0 Å². The van der Waals surface area contributed by atoms with Gasteiger partial charge in [-0.1, -0.05) is 762 Å².